The summed E-state index contributed by atoms with van der Waals surface area (Å²) in [4.78, 5) is 12.1. The number of nitrogens with one attached hydrogen (secondary N) is 1. The molecule has 0 spiro atoms. The minimum atomic E-state index is 0.119. The van der Waals surface area contributed by atoms with Crippen LogP contribution in [0.4, 0.5) is 0 Å². The number of ether oxygens (including phenoxy) is 1. The van der Waals surface area contributed by atoms with Gasteiger partial charge in [0.05, 0.1) is 6.61 Å². The first-order valence-corrected chi connectivity index (χ1v) is 8.80. The van der Waals surface area contributed by atoms with Crippen molar-refractivity contribution in [2.24, 2.45) is 5.92 Å². The Balaban J connectivity index is 1.41. The second-order valence-corrected chi connectivity index (χ2v) is 6.46. The number of aryl methyl sites for hydroxylation is 2. The van der Waals surface area contributed by atoms with Crippen LogP contribution in [0.3, 0.4) is 0 Å². The van der Waals surface area contributed by atoms with Gasteiger partial charge < -0.3 is 10.1 Å². The van der Waals surface area contributed by atoms with Crippen LogP contribution in [0.2, 0.25) is 0 Å². The molecule has 3 rings (SSSR count). The van der Waals surface area contributed by atoms with Gasteiger partial charge in [-0.25, -0.2) is 0 Å². The molecule has 1 aliphatic rings. The van der Waals surface area contributed by atoms with Crippen LogP contribution in [-0.4, -0.2) is 19.1 Å². The Morgan fingerprint density at radius 2 is 1.88 bits per heavy atom. The first-order chi connectivity index (χ1) is 11.7. The number of carbonyl (C=O) groups is 1. The molecule has 0 aromatic heterocycles. The predicted molar refractivity (Wildman–Crippen MR) is 96.3 cm³/mol. The molecule has 0 saturated carbocycles. The van der Waals surface area contributed by atoms with Gasteiger partial charge in [-0.2, -0.15) is 0 Å². The van der Waals surface area contributed by atoms with Gasteiger partial charge in [-0.05, 0) is 42.0 Å². The molecule has 3 nitrogen and oxygen atoms in total. The number of hydrogen-bond donors (Lipinski definition) is 1. The SMILES string of the molecule is CCc1ccc(CCC(=O)NCC2COc3ccccc3C2)cc1. The van der Waals surface area contributed by atoms with Crippen molar-refractivity contribution in [3.05, 3.63) is 65.2 Å². The third-order valence-electron chi connectivity index (χ3n) is 4.62. The quantitative estimate of drug-likeness (QED) is 0.883. The summed E-state index contributed by atoms with van der Waals surface area (Å²) in [5.41, 5.74) is 3.79. The van der Waals surface area contributed by atoms with Gasteiger partial charge in [0, 0.05) is 18.9 Å². The molecule has 0 aliphatic carbocycles. The highest BCUT2D eigenvalue weighted by molar-refractivity contribution is 5.76. The Morgan fingerprint density at radius 1 is 1.12 bits per heavy atom. The van der Waals surface area contributed by atoms with Crippen LogP contribution in [0.15, 0.2) is 48.5 Å². The highest BCUT2D eigenvalue weighted by atomic mass is 16.5. The Hall–Kier alpha value is -2.29. The molecule has 0 fully saturated rings. The van der Waals surface area contributed by atoms with Gasteiger partial charge in [-0.15, -0.1) is 0 Å². The molecule has 2 aromatic carbocycles. The third-order valence-corrected chi connectivity index (χ3v) is 4.62. The fourth-order valence-electron chi connectivity index (χ4n) is 3.07. The van der Waals surface area contributed by atoms with Crippen LogP contribution in [0.1, 0.15) is 30.0 Å². The smallest absolute Gasteiger partial charge is 0.220 e. The van der Waals surface area contributed by atoms with E-state index in [-0.39, 0.29) is 5.91 Å². The normalized spacial score (nSPS) is 16.1. The summed E-state index contributed by atoms with van der Waals surface area (Å²) >= 11 is 0. The second-order valence-electron chi connectivity index (χ2n) is 6.46. The zero-order valence-corrected chi connectivity index (χ0v) is 14.3. The summed E-state index contributed by atoms with van der Waals surface area (Å²) in [7, 11) is 0. The van der Waals surface area contributed by atoms with Crippen molar-refractivity contribution >= 4 is 5.91 Å². The highest BCUT2D eigenvalue weighted by Crippen LogP contribution is 2.26. The monoisotopic (exact) mass is 323 g/mol. The van der Waals surface area contributed by atoms with E-state index in [4.69, 9.17) is 4.74 Å². The number of carbonyl (C=O) groups excluding carboxylic acids is 1. The molecule has 1 atom stereocenters. The van der Waals surface area contributed by atoms with Crippen molar-refractivity contribution in [3.63, 3.8) is 0 Å². The van der Waals surface area contributed by atoms with Crippen molar-refractivity contribution < 1.29 is 9.53 Å². The topological polar surface area (TPSA) is 38.3 Å². The van der Waals surface area contributed by atoms with Crippen LogP contribution in [0.5, 0.6) is 5.75 Å². The lowest BCUT2D eigenvalue weighted by Crippen LogP contribution is -2.34. The van der Waals surface area contributed by atoms with Crippen molar-refractivity contribution in [2.75, 3.05) is 13.2 Å². The lowest BCUT2D eigenvalue weighted by molar-refractivity contribution is -0.121. The van der Waals surface area contributed by atoms with Gasteiger partial charge in [0.2, 0.25) is 5.91 Å². The number of para-hydroxylation sites is 1. The minimum absolute atomic E-state index is 0.119. The van der Waals surface area contributed by atoms with Crippen molar-refractivity contribution in [1.29, 1.82) is 0 Å². The first kappa shape index (κ1) is 16.6. The first-order valence-electron chi connectivity index (χ1n) is 8.80. The molecule has 1 N–H and O–H groups in total. The Labute approximate surface area is 144 Å². The predicted octanol–water partition coefficient (Wildman–Crippen LogP) is 3.55. The molecule has 2 aromatic rings. The van der Waals surface area contributed by atoms with E-state index < -0.39 is 0 Å². The second kappa shape index (κ2) is 8.00. The summed E-state index contributed by atoms with van der Waals surface area (Å²) in [6.07, 6.45) is 3.34. The van der Waals surface area contributed by atoms with Gasteiger partial charge in [-0.3, -0.25) is 4.79 Å². The maximum absolute atomic E-state index is 12.1. The molecule has 0 saturated heterocycles. The van der Waals surface area contributed by atoms with E-state index in [0.717, 1.165) is 25.0 Å². The fraction of sp³-hybridized carbons (Fsp3) is 0.381. The molecule has 1 heterocycles. The zero-order valence-electron chi connectivity index (χ0n) is 14.3. The maximum atomic E-state index is 12.1. The van der Waals surface area contributed by atoms with E-state index in [2.05, 4.69) is 42.6 Å². The van der Waals surface area contributed by atoms with Gasteiger partial charge in [0.15, 0.2) is 0 Å². The van der Waals surface area contributed by atoms with Crippen LogP contribution >= 0.6 is 0 Å². The number of amides is 1. The van der Waals surface area contributed by atoms with Crippen molar-refractivity contribution in [3.8, 4) is 5.75 Å². The third kappa shape index (κ3) is 4.38. The van der Waals surface area contributed by atoms with E-state index >= 15 is 0 Å². The van der Waals surface area contributed by atoms with Crippen LogP contribution < -0.4 is 10.1 Å². The minimum Gasteiger partial charge on any atom is -0.493 e. The van der Waals surface area contributed by atoms with Gasteiger partial charge in [0.25, 0.3) is 0 Å². The Morgan fingerprint density at radius 3 is 2.67 bits per heavy atom. The lowest BCUT2D eigenvalue weighted by atomic mass is 9.96. The molecular formula is C21H25NO2. The molecule has 24 heavy (non-hydrogen) atoms. The zero-order chi connectivity index (χ0) is 16.8. The Bertz CT molecular complexity index is 678. The number of hydrogen-bond acceptors (Lipinski definition) is 2. The average molecular weight is 323 g/mol. The van der Waals surface area contributed by atoms with E-state index in [0.29, 0.717) is 25.5 Å². The fourth-order valence-corrected chi connectivity index (χ4v) is 3.07. The largest absolute Gasteiger partial charge is 0.493 e. The van der Waals surface area contributed by atoms with Gasteiger partial charge >= 0.3 is 0 Å². The standard InChI is InChI=1S/C21H25NO2/c1-2-16-7-9-17(10-8-16)11-12-21(23)22-14-18-13-19-5-3-4-6-20(19)24-15-18/h3-10,18H,2,11-15H2,1H3,(H,22,23). The summed E-state index contributed by atoms with van der Waals surface area (Å²) < 4.78 is 5.77. The summed E-state index contributed by atoms with van der Waals surface area (Å²) in [5, 5.41) is 3.06. The van der Waals surface area contributed by atoms with Crippen LogP contribution in [-0.2, 0) is 24.1 Å². The van der Waals surface area contributed by atoms with Gasteiger partial charge in [0.1, 0.15) is 5.75 Å². The molecule has 3 heteroatoms. The number of benzene rings is 2. The van der Waals surface area contributed by atoms with E-state index in [1.807, 2.05) is 18.2 Å². The van der Waals surface area contributed by atoms with Crippen LogP contribution in [0, 0.1) is 5.92 Å². The Kier molecular flexibility index (Phi) is 5.52. The van der Waals surface area contributed by atoms with E-state index in [1.165, 1.54) is 16.7 Å². The molecule has 1 amide bonds. The van der Waals surface area contributed by atoms with Gasteiger partial charge in [-0.1, -0.05) is 49.4 Å². The summed E-state index contributed by atoms with van der Waals surface area (Å²) in [5.74, 6) is 1.46. The average Bonchev–Trinajstić information content (AvgIpc) is 2.65. The highest BCUT2D eigenvalue weighted by Gasteiger charge is 2.19. The lowest BCUT2D eigenvalue weighted by Gasteiger charge is -2.25. The number of fused-ring (bicyclic) bond motifs is 1. The van der Waals surface area contributed by atoms with Crippen molar-refractivity contribution in [2.45, 2.75) is 32.6 Å². The molecule has 0 radical (unpaired) electrons. The van der Waals surface area contributed by atoms with Crippen molar-refractivity contribution in [1.82, 2.24) is 5.32 Å². The molecule has 1 aliphatic heterocycles. The molecule has 1 unspecified atom stereocenters. The summed E-state index contributed by atoms with van der Waals surface area (Å²) in [6.45, 7) is 3.51. The van der Waals surface area contributed by atoms with E-state index in [1.54, 1.807) is 0 Å². The maximum Gasteiger partial charge on any atom is 0.220 e. The van der Waals surface area contributed by atoms with Crippen LogP contribution in [0.25, 0.3) is 0 Å². The molecule has 126 valence electrons. The number of rotatable bonds is 6. The molecule has 0 bridgehead atoms. The summed E-state index contributed by atoms with van der Waals surface area (Å²) in [6, 6.07) is 16.7. The molecular weight excluding hydrogens is 298 g/mol. The van der Waals surface area contributed by atoms with E-state index in [9.17, 15) is 4.79 Å².